The number of fused-ring (bicyclic) bond motifs is 1. The lowest BCUT2D eigenvalue weighted by atomic mass is 10.0. The van der Waals surface area contributed by atoms with Crippen molar-refractivity contribution in [3.05, 3.63) is 17.0 Å². The Morgan fingerprint density at radius 3 is 2.32 bits per heavy atom. The Morgan fingerprint density at radius 1 is 1.10 bits per heavy atom. The molecule has 1 aromatic rings. The molecule has 41 heavy (non-hydrogen) atoms. The van der Waals surface area contributed by atoms with Crippen LogP contribution in [0.1, 0.15) is 101 Å². The van der Waals surface area contributed by atoms with Crippen LogP contribution in [0.3, 0.4) is 0 Å². The SMILES string of the molecule is CC.CCOC(=O)c1nn(CCOCCNC(=O)OC(C)(C)C)c2c1CCN(CC1(S(=O)(=O)C3(C)CC3)CC1)C2=O. The third-order valence-electron chi connectivity index (χ3n) is 7.46. The molecule has 2 heterocycles. The predicted octanol–water partition coefficient (Wildman–Crippen LogP) is 3.13. The minimum Gasteiger partial charge on any atom is -0.461 e. The maximum absolute atomic E-state index is 13.7. The summed E-state index contributed by atoms with van der Waals surface area (Å²) in [6, 6.07) is 0. The van der Waals surface area contributed by atoms with E-state index in [0.717, 1.165) is 0 Å². The summed E-state index contributed by atoms with van der Waals surface area (Å²) < 4.78 is 42.5. The van der Waals surface area contributed by atoms with Gasteiger partial charge in [-0.1, -0.05) is 13.8 Å². The van der Waals surface area contributed by atoms with Crippen LogP contribution >= 0.6 is 0 Å². The minimum atomic E-state index is -3.37. The maximum atomic E-state index is 13.7. The lowest BCUT2D eigenvalue weighted by Gasteiger charge is -2.32. The summed E-state index contributed by atoms with van der Waals surface area (Å²) in [5, 5.41) is 7.01. The number of hydrogen-bond acceptors (Lipinski definition) is 9. The van der Waals surface area contributed by atoms with E-state index in [1.165, 1.54) is 4.68 Å². The number of nitrogens with one attached hydrogen (secondary N) is 1. The Morgan fingerprint density at radius 2 is 1.76 bits per heavy atom. The van der Waals surface area contributed by atoms with Crippen LogP contribution in [0.5, 0.6) is 0 Å². The molecule has 232 valence electrons. The Labute approximate surface area is 243 Å². The van der Waals surface area contributed by atoms with Crippen molar-refractivity contribution in [2.24, 2.45) is 0 Å². The molecular weight excluding hydrogens is 552 g/mol. The van der Waals surface area contributed by atoms with Gasteiger partial charge >= 0.3 is 12.1 Å². The zero-order valence-corrected chi connectivity index (χ0v) is 26.3. The van der Waals surface area contributed by atoms with Gasteiger partial charge in [0.05, 0.1) is 35.9 Å². The van der Waals surface area contributed by atoms with Crippen molar-refractivity contribution in [1.29, 1.82) is 0 Å². The van der Waals surface area contributed by atoms with E-state index in [4.69, 9.17) is 14.2 Å². The summed E-state index contributed by atoms with van der Waals surface area (Å²) >= 11 is 0. The number of nitrogens with zero attached hydrogens (tertiary/aromatic N) is 3. The second kappa shape index (κ2) is 12.7. The Balaban J connectivity index is 0.00000226. The molecule has 2 saturated carbocycles. The number of carbonyl (C=O) groups excluding carboxylic acids is 3. The van der Waals surface area contributed by atoms with Gasteiger partial charge in [-0.3, -0.25) is 9.48 Å². The topological polar surface area (TPSA) is 146 Å². The number of carbonyl (C=O) groups is 3. The molecular formula is C28H46N4O8S. The van der Waals surface area contributed by atoms with Crippen LogP contribution in [0.4, 0.5) is 4.79 Å². The molecule has 0 spiro atoms. The van der Waals surface area contributed by atoms with E-state index in [1.54, 1.807) is 39.5 Å². The number of rotatable bonds is 12. The second-order valence-electron chi connectivity index (χ2n) is 11.8. The third kappa shape index (κ3) is 7.22. The molecule has 0 bridgehead atoms. The van der Waals surface area contributed by atoms with Gasteiger partial charge in [0.15, 0.2) is 15.5 Å². The molecule has 4 rings (SSSR count). The fourth-order valence-electron chi connectivity index (χ4n) is 4.91. The molecule has 0 aromatic carbocycles. The van der Waals surface area contributed by atoms with Crippen LogP contribution in [0.2, 0.25) is 0 Å². The van der Waals surface area contributed by atoms with Gasteiger partial charge < -0.3 is 24.4 Å². The van der Waals surface area contributed by atoms with Gasteiger partial charge in [0.1, 0.15) is 11.3 Å². The number of ether oxygens (including phenoxy) is 3. The Hall–Kier alpha value is -2.67. The van der Waals surface area contributed by atoms with Gasteiger partial charge in [-0.05, 0) is 66.7 Å². The number of sulfone groups is 1. The summed E-state index contributed by atoms with van der Waals surface area (Å²) in [5.74, 6) is -0.938. The quantitative estimate of drug-likeness (QED) is 0.283. The molecule has 0 unspecified atom stereocenters. The number of aromatic nitrogens is 2. The third-order valence-corrected chi connectivity index (χ3v) is 10.8. The molecule has 1 N–H and O–H groups in total. The van der Waals surface area contributed by atoms with E-state index in [9.17, 15) is 22.8 Å². The van der Waals surface area contributed by atoms with Crippen LogP contribution in [-0.2, 0) is 37.0 Å². The molecule has 12 nitrogen and oxygen atoms in total. The van der Waals surface area contributed by atoms with Gasteiger partial charge in [0.2, 0.25) is 0 Å². The van der Waals surface area contributed by atoms with E-state index in [1.807, 2.05) is 13.8 Å². The van der Waals surface area contributed by atoms with E-state index >= 15 is 0 Å². The highest BCUT2D eigenvalue weighted by atomic mass is 32.2. The molecule has 2 aliphatic carbocycles. The molecule has 13 heteroatoms. The lowest BCUT2D eigenvalue weighted by Crippen LogP contribution is -2.48. The zero-order valence-electron chi connectivity index (χ0n) is 25.5. The molecule has 0 radical (unpaired) electrons. The zero-order chi connectivity index (χ0) is 30.6. The number of alkyl carbamates (subject to hydrolysis) is 1. The highest BCUT2D eigenvalue weighted by Crippen LogP contribution is 2.56. The van der Waals surface area contributed by atoms with Gasteiger partial charge in [-0.25, -0.2) is 18.0 Å². The smallest absolute Gasteiger partial charge is 0.407 e. The summed E-state index contributed by atoms with van der Waals surface area (Å²) in [6.07, 6.45) is 2.28. The molecule has 1 aromatic heterocycles. The molecule has 0 saturated heterocycles. The normalized spacial score (nSPS) is 18.5. The van der Waals surface area contributed by atoms with Crippen molar-refractivity contribution in [3.63, 3.8) is 0 Å². The average Bonchev–Trinajstić information content (AvgIpc) is 3.82. The van der Waals surface area contributed by atoms with Crippen molar-refractivity contribution < 1.29 is 37.0 Å². The largest absolute Gasteiger partial charge is 0.461 e. The molecule has 0 atom stereocenters. The Kier molecular flexibility index (Phi) is 10.2. The molecule has 2 amide bonds. The number of hydrogen-bond donors (Lipinski definition) is 1. The van der Waals surface area contributed by atoms with Crippen LogP contribution in [-0.4, -0.2) is 95.6 Å². The first kappa shape index (κ1) is 32.8. The fourth-order valence-corrected chi connectivity index (χ4v) is 7.56. The first-order valence-corrected chi connectivity index (χ1v) is 16.1. The predicted molar refractivity (Wildman–Crippen MR) is 153 cm³/mol. The van der Waals surface area contributed by atoms with Crippen LogP contribution < -0.4 is 5.32 Å². The standard InChI is InChI=1S/C26H40N4O8S.C2H6/c1-6-37-22(32)19-18-7-13-29(17-26(10-11-26)39(34,35)25(5)8-9-25)21(31)20(18)30(28-19)14-16-36-15-12-27-23(33)38-24(2,3)4;1-2/h6-17H2,1-5H3,(H,27,33);1-2H3. The van der Waals surface area contributed by atoms with Crippen molar-refractivity contribution in [1.82, 2.24) is 20.0 Å². The number of amides is 2. The summed E-state index contributed by atoms with van der Waals surface area (Å²) in [6.45, 7) is 14.3. The first-order valence-electron chi connectivity index (χ1n) is 14.6. The van der Waals surface area contributed by atoms with Crippen molar-refractivity contribution in [3.8, 4) is 0 Å². The molecule has 2 fully saturated rings. The van der Waals surface area contributed by atoms with E-state index in [0.29, 0.717) is 44.2 Å². The summed E-state index contributed by atoms with van der Waals surface area (Å²) in [4.78, 5) is 39.6. The molecule has 3 aliphatic rings. The highest BCUT2D eigenvalue weighted by molar-refractivity contribution is 7.94. The maximum Gasteiger partial charge on any atom is 0.407 e. The highest BCUT2D eigenvalue weighted by Gasteiger charge is 2.65. The van der Waals surface area contributed by atoms with Crippen LogP contribution in [0.15, 0.2) is 0 Å². The van der Waals surface area contributed by atoms with E-state index < -0.39 is 37.0 Å². The first-order chi connectivity index (χ1) is 19.2. The average molecular weight is 599 g/mol. The van der Waals surface area contributed by atoms with E-state index in [2.05, 4.69) is 10.4 Å². The minimum absolute atomic E-state index is 0.102. The Bertz CT molecular complexity index is 1230. The van der Waals surface area contributed by atoms with Gasteiger partial charge in [0.25, 0.3) is 5.91 Å². The van der Waals surface area contributed by atoms with Crippen LogP contribution in [0, 0.1) is 0 Å². The monoisotopic (exact) mass is 598 g/mol. The fraction of sp³-hybridized carbons (Fsp3) is 0.786. The molecule has 1 aliphatic heterocycles. The van der Waals surface area contributed by atoms with Gasteiger partial charge in [-0.15, -0.1) is 0 Å². The van der Waals surface area contributed by atoms with Crippen molar-refractivity contribution in [2.75, 3.05) is 39.5 Å². The summed E-state index contributed by atoms with van der Waals surface area (Å²) in [7, 11) is -3.37. The van der Waals surface area contributed by atoms with Gasteiger partial charge in [-0.2, -0.15) is 5.10 Å². The van der Waals surface area contributed by atoms with Crippen LogP contribution in [0.25, 0.3) is 0 Å². The van der Waals surface area contributed by atoms with Crippen molar-refractivity contribution >= 4 is 27.8 Å². The van der Waals surface area contributed by atoms with E-state index in [-0.39, 0.29) is 56.7 Å². The number of esters is 1. The second-order valence-corrected chi connectivity index (χ2v) is 14.6. The summed E-state index contributed by atoms with van der Waals surface area (Å²) in [5.41, 5.74) is 0.292. The van der Waals surface area contributed by atoms with Crippen molar-refractivity contribution in [2.45, 2.75) is 102 Å². The lowest BCUT2D eigenvalue weighted by molar-refractivity contribution is 0.0493. The van der Waals surface area contributed by atoms with Gasteiger partial charge in [0, 0.05) is 25.2 Å².